The summed E-state index contributed by atoms with van der Waals surface area (Å²) >= 11 is 0. The highest BCUT2D eigenvalue weighted by atomic mass is 16.5. The molecule has 0 aliphatic heterocycles. The van der Waals surface area contributed by atoms with Crippen LogP contribution < -0.4 is 11.1 Å². The largest absolute Gasteiger partial charge is 0.382 e. The molecule has 29 heavy (non-hydrogen) atoms. The number of hydrogen-bond acceptors (Lipinski definition) is 7. The first kappa shape index (κ1) is 19.2. The van der Waals surface area contributed by atoms with Crippen LogP contribution in [-0.4, -0.2) is 33.2 Å². The maximum atomic E-state index is 9.62. The molecule has 1 saturated carbocycles. The fourth-order valence-corrected chi connectivity index (χ4v) is 3.51. The normalized spacial score (nSPS) is 13.6. The molecule has 0 unspecified atom stereocenters. The molecular formula is C21H25N7O. The monoisotopic (exact) mass is 391 g/mol. The van der Waals surface area contributed by atoms with Gasteiger partial charge in [0.25, 0.3) is 0 Å². The SMILES string of the molecule is COCc1cccc(CCNc2nc3c(CC4CC4)c(C)nn3c(N)c2C#N)n1. The van der Waals surface area contributed by atoms with Gasteiger partial charge in [-0.25, -0.2) is 4.98 Å². The molecule has 0 atom stereocenters. The van der Waals surface area contributed by atoms with Crippen molar-refractivity contribution in [3.8, 4) is 6.07 Å². The van der Waals surface area contributed by atoms with Crippen molar-refractivity contribution < 1.29 is 4.74 Å². The Balaban J connectivity index is 1.57. The van der Waals surface area contributed by atoms with E-state index in [1.807, 2.05) is 25.1 Å². The minimum atomic E-state index is 0.319. The highest BCUT2D eigenvalue weighted by Gasteiger charge is 2.26. The van der Waals surface area contributed by atoms with E-state index >= 15 is 0 Å². The first-order valence-corrected chi connectivity index (χ1v) is 9.86. The van der Waals surface area contributed by atoms with Gasteiger partial charge in [-0.2, -0.15) is 14.9 Å². The number of fused-ring (bicyclic) bond motifs is 1. The number of nitrogen functional groups attached to an aromatic ring is 1. The van der Waals surface area contributed by atoms with E-state index in [1.54, 1.807) is 11.6 Å². The van der Waals surface area contributed by atoms with E-state index in [0.29, 0.717) is 42.7 Å². The summed E-state index contributed by atoms with van der Waals surface area (Å²) in [5, 5.41) is 17.4. The quantitative estimate of drug-likeness (QED) is 0.606. The van der Waals surface area contributed by atoms with E-state index in [1.165, 1.54) is 12.8 Å². The lowest BCUT2D eigenvalue weighted by Gasteiger charge is -2.11. The lowest BCUT2D eigenvalue weighted by molar-refractivity contribution is 0.181. The zero-order chi connectivity index (χ0) is 20.4. The molecule has 4 rings (SSSR count). The fourth-order valence-electron chi connectivity index (χ4n) is 3.51. The molecule has 3 heterocycles. The lowest BCUT2D eigenvalue weighted by atomic mass is 10.1. The first-order valence-electron chi connectivity index (χ1n) is 9.86. The third-order valence-corrected chi connectivity index (χ3v) is 5.23. The van der Waals surface area contributed by atoms with Crippen LogP contribution in [0.1, 0.15) is 41.1 Å². The summed E-state index contributed by atoms with van der Waals surface area (Å²) in [4.78, 5) is 9.30. The van der Waals surface area contributed by atoms with Crippen LogP contribution in [0.2, 0.25) is 0 Å². The van der Waals surface area contributed by atoms with Crippen molar-refractivity contribution in [2.45, 2.75) is 39.2 Å². The van der Waals surface area contributed by atoms with Crippen molar-refractivity contribution >= 4 is 17.3 Å². The molecule has 8 heteroatoms. The Bertz CT molecular complexity index is 1080. The lowest BCUT2D eigenvalue weighted by Crippen LogP contribution is -2.13. The third-order valence-electron chi connectivity index (χ3n) is 5.23. The van der Waals surface area contributed by atoms with Gasteiger partial charge in [0.05, 0.1) is 18.0 Å². The smallest absolute Gasteiger partial charge is 0.163 e. The second-order valence-electron chi connectivity index (χ2n) is 7.51. The number of aryl methyl sites for hydroxylation is 1. The van der Waals surface area contributed by atoms with Gasteiger partial charge in [-0.1, -0.05) is 6.07 Å². The van der Waals surface area contributed by atoms with Gasteiger partial charge in [-0.3, -0.25) is 4.98 Å². The zero-order valence-electron chi connectivity index (χ0n) is 16.8. The number of ether oxygens (including phenoxy) is 1. The number of rotatable bonds is 8. The van der Waals surface area contributed by atoms with Crippen molar-refractivity contribution in [1.29, 1.82) is 5.26 Å². The Morgan fingerprint density at radius 2 is 2.10 bits per heavy atom. The first-order chi connectivity index (χ1) is 14.1. The van der Waals surface area contributed by atoms with Crippen LogP contribution in [-0.2, 0) is 24.2 Å². The average molecular weight is 391 g/mol. The number of nitriles is 1. The highest BCUT2D eigenvalue weighted by Crippen LogP contribution is 2.35. The van der Waals surface area contributed by atoms with E-state index in [0.717, 1.165) is 34.7 Å². The van der Waals surface area contributed by atoms with Gasteiger partial charge >= 0.3 is 0 Å². The summed E-state index contributed by atoms with van der Waals surface area (Å²) in [7, 11) is 1.65. The van der Waals surface area contributed by atoms with Crippen LogP contribution in [0.4, 0.5) is 11.6 Å². The molecule has 0 amide bonds. The molecular weight excluding hydrogens is 366 g/mol. The minimum Gasteiger partial charge on any atom is -0.382 e. The van der Waals surface area contributed by atoms with Crippen LogP contribution in [0, 0.1) is 24.2 Å². The highest BCUT2D eigenvalue weighted by molar-refractivity contribution is 5.69. The topological polar surface area (TPSA) is 114 Å². The van der Waals surface area contributed by atoms with Gasteiger partial charge in [0.1, 0.15) is 23.3 Å². The number of nitrogens with two attached hydrogens (primary N) is 1. The standard InChI is InChI=1S/C21H25N7O/c1-13-17(10-14-6-7-14)21-26-20(18(11-22)19(23)28(21)27-13)24-9-8-15-4-3-5-16(25-15)12-29-2/h3-5,14H,6-10,12,23H2,1-2H3,(H,24,26). The van der Waals surface area contributed by atoms with Gasteiger partial charge in [0.2, 0.25) is 0 Å². The number of aromatic nitrogens is 4. The van der Waals surface area contributed by atoms with Crippen molar-refractivity contribution in [2.24, 2.45) is 5.92 Å². The molecule has 1 fully saturated rings. The number of anilines is 2. The molecule has 3 N–H and O–H groups in total. The van der Waals surface area contributed by atoms with Gasteiger partial charge in [0, 0.05) is 31.3 Å². The molecule has 0 saturated heterocycles. The van der Waals surface area contributed by atoms with Crippen LogP contribution in [0.15, 0.2) is 18.2 Å². The van der Waals surface area contributed by atoms with Gasteiger partial charge in [0.15, 0.2) is 5.65 Å². The van der Waals surface area contributed by atoms with E-state index in [4.69, 9.17) is 15.5 Å². The predicted molar refractivity (Wildman–Crippen MR) is 110 cm³/mol. The molecule has 0 bridgehead atoms. The summed E-state index contributed by atoms with van der Waals surface area (Å²) < 4.78 is 6.74. The molecule has 150 valence electrons. The molecule has 1 aliphatic rings. The Morgan fingerprint density at radius 1 is 1.31 bits per heavy atom. The minimum absolute atomic E-state index is 0.319. The Hall–Kier alpha value is -3.18. The van der Waals surface area contributed by atoms with E-state index in [-0.39, 0.29) is 0 Å². The van der Waals surface area contributed by atoms with Crippen molar-refractivity contribution in [2.75, 3.05) is 24.7 Å². The predicted octanol–water partition coefficient (Wildman–Crippen LogP) is 2.64. The fraction of sp³-hybridized carbons (Fsp3) is 0.429. The second-order valence-corrected chi connectivity index (χ2v) is 7.51. The van der Waals surface area contributed by atoms with E-state index in [2.05, 4.69) is 21.5 Å². The Kier molecular flexibility index (Phi) is 5.32. The van der Waals surface area contributed by atoms with Gasteiger partial charge in [-0.15, -0.1) is 0 Å². The van der Waals surface area contributed by atoms with Crippen molar-refractivity contribution in [3.63, 3.8) is 0 Å². The summed E-state index contributed by atoms with van der Waals surface area (Å²) in [6, 6.07) is 8.06. The zero-order valence-corrected chi connectivity index (χ0v) is 16.8. The van der Waals surface area contributed by atoms with Crippen LogP contribution in [0.5, 0.6) is 0 Å². The second kappa shape index (κ2) is 8.05. The number of nitrogens with one attached hydrogen (secondary N) is 1. The Morgan fingerprint density at radius 3 is 2.83 bits per heavy atom. The summed E-state index contributed by atoms with van der Waals surface area (Å²) in [6.45, 7) is 3.05. The van der Waals surface area contributed by atoms with E-state index < -0.39 is 0 Å². The van der Waals surface area contributed by atoms with Gasteiger partial charge < -0.3 is 15.8 Å². The molecule has 3 aromatic rings. The number of pyridine rings is 1. The van der Waals surface area contributed by atoms with Crippen LogP contribution in [0.25, 0.3) is 5.65 Å². The summed E-state index contributed by atoms with van der Waals surface area (Å²) in [5.41, 5.74) is 11.2. The maximum Gasteiger partial charge on any atom is 0.163 e. The maximum absolute atomic E-state index is 9.62. The number of nitrogens with zero attached hydrogens (tertiary/aromatic N) is 5. The van der Waals surface area contributed by atoms with Crippen molar-refractivity contribution in [1.82, 2.24) is 19.6 Å². The molecule has 1 aliphatic carbocycles. The molecule has 0 aromatic carbocycles. The number of hydrogen-bond donors (Lipinski definition) is 2. The van der Waals surface area contributed by atoms with Gasteiger partial charge in [-0.05, 0) is 44.2 Å². The molecule has 0 radical (unpaired) electrons. The number of methoxy groups -OCH3 is 1. The van der Waals surface area contributed by atoms with E-state index in [9.17, 15) is 5.26 Å². The molecule has 0 spiro atoms. The summed E-state index contributed by atoms with van der Waals surface area (Å²) in [6.07, 6.45) is 4.16. The van der Waals surface area contributed by atoms with Crippen molar-refractivity contribution in [3.05, 3.63) is 46.4 Å². The summed E-state index contributed by atoms with van der Waals surface area (Å²) in [5.74, 6) is 1.54. The van der Waals surface area contributed by atoms with Crippen LogP contribution in [0.3, 0.4) is 0 Å². The average Bonchev–Trinajstić information content (AvgIpc) is 3.47. The van der Waals surface area contributed by atoms with Crippen LogP contribution >= 0.6 is 0 Å². The molecule has 8 nitrogen and oxygen atoms in total. The third kappa shape index (κ3) is 4.00. The Labute approximate surface area is 169 Å². The molecule has 3 aromatic heterocycles.